The summed E-state index contributed by atoms with van der Waals surface area (Å²) in [5.41, 5.74) is 0.765. The molecule has 1 amide bonds. The molecule has 1 saturated heterocycles. The van der Waals surface area contributed by atoms with Crippen molar-refractivity contribution >= 4 is 39.8 Å². The number of carbonyl (C=O) groups excluding carboxylic acids is 1. The predicted octanol–water partition coefficient (Wildman–Crippen LogP) is 4.43. The minimum absolute atomic E-state index is 0.0293. The molecule has 1 atom stereocenters. The Morgan fingerprint density at radius 3 is 2.58 bits per heavy atom. The maximum atomic E-state index is 13.7. The third kappa shape index (κ3) is 5.41. The summed E-state index contributed by atoms with van der Waals surface area (Å²) in [6, 6.07) is 5.84. The number of aromatic nitrogens is 1. The molecule has 1 N–H and O–H groups in total. The maximum absolute atomic E-state index is 13.7. The van der Waals surface area contributed by atoms with Gasteiger partial charge in [-0.2, -0.15) is 13.2 Å². The summed E-state index contributed by atoms with van der Waals surface area (Å²) in [7, 11) is 2.87. The van der Waals surface area contributed by atoms with Gasteiger partial charge in [0.1, 0.15) is 4.88 Å². The molecule has 0 radical (unpaired) electrons. The number of carbonyl (C=O) groups is 1. The molecular weight excluding hydrogens is 473 g/mol. The van der Waals surface area contributed by atoms with Gasteiger partial charge in [0.05, 0.1) is 12.6 Å². The van der Waals surface area contributed by atoms with E-state index in [0.717, 1.165) is 32.4 Å². The number of nitrogens with zero attached hydrogens (tertiary/aromatic N) is 4. The van der Waals surface area contributed by atoms with E-state index in [1.807, 2.05) is 43.2 Å². The Hall–Kier alpha value is -1.98. The number of benzene rings is 1. The van der Waals surface area contributed by atoms with Gasteiger partial charge in [0.25, 0.3) is 5.91 Å². The molecule has 1 aliphatic rings. The number of aliphatic hydroxyl groups excluding tert-OH is 1. The zero-order valence-corrected chi connectivity index (χ0v) is 20.9. The molecule has 2 aromatic rings. The van der Waals surface area contributed by atoms with Gasteiger partial charge in [-0.15, -0.1) is 11.8 Å². The number of hydrogen-bond donors (Lipinski definition) is 1. The monoisotopic (exact) mass is 502 g/mol. The first-order chi connectivity index (χ1) is 15.5. The van der Waals surface area contributed by atoms with Gasteiger partial charge in [-0.1, -0.05) is 31.3 Å². The number of aliphatic hydroxyl groups is 1. The molecule has 1 aromatic carbocycles. The molecule has 1 aromatic heterocycles. The van der Waals surface area contributed by atoms with Crippen LogP contribution in [0.3, 0.4) is 0 Å². The molecule has 33 heavy (non-hydrogen) atoms. The summed E-state index contributed by atoms with van der Waals surface area (Å²) in [5, 5.41) is 9.76. The molecule has 6 nitrogen and oxygen atoms in total. The molecule has 1 aliphatic heterocycles. The molecule has 1 unspecified atom stereocenters. The summed E-state index contributed by atoms with van der Waals surface area (Å²) in [4.78, 5) is 22.2. The van der Waals surface area contributed by atoms with Gasteiger partial charge in [0, 0.05) is 44.3 Å². The zero-order valence-electron chi connectivity index (χ0n) is 19.3. The molecule has 0 aliphatic carbocycles. The first-order valence-corrected chi connectivity index (χ1v) is 12.6. The summed E-state index contributed by atoms with van der Waals surface area (Å²) < 4.78 is 41.0. The van der Waals surface area contributed by atoms with E-state index in [9.17, 15) is 23.1 Å². The number of alkyl halides is 3. The number of hydrogen-bond acceptors (Lipinski definition) is 7. The smallest absolute Gasteiger partial charge is 0.392 e. The molecule has 3 rings (SSSR count). The quantitative estimate of drug-likeness (QED) is 0.590. The van der Waals surface area contributed by atoms with Crippen LogP contribution in [0.1, 0.15) is 34.8 Å². The van der Waals surface area contributed by atoms with E-state index in [4.69, 9.17) is 0 Å². The van der Waals surface area contributed by atoms with E-state index in [2.05, 4.69) is 9.88 Å². The fourth-order valence-corrected chi connectivity index (χ4v) is 5.71. The second kappa shape index (κ2) is 10.1. The molecule has 1 fully saturated rings. The number of anilines is 2. The largest absolute Gasteiger partial charge is 0.435 e. The summed E-state index contributed by atoms with van der Waals surface area (Å²) >= 11 is 2.38. The van der Waals surface area contributed by atoms with Crippen molar-refractivity contribution in [3.63, 3.8) is 0 Å². The second-order valence-corrected chi connectivity index (χ2v) is 10.3. The number of thioether (sulfide) groups is 1. The first-order valence-electron chi connectivity index (χ1n) is 10.6. The highest BCUT2D eigenvalue weighted by Gasteiger charge is 2.42. The zero-order chi connectivity index (χ0) is 24.5. The van der Waals surface area contributed by atoms with E-state index in [1.54, 1.807) is 11.8 Å². The highest BCUT2D eigenvalue weighted by atomic mass is 32.2. The SMILES string of the molecule is CSc1cc(N2CCN(c3nc(C(F)(F)F)c(C(=O)N(C)C)s3)C(C(C)C)C2)ccc1CO. The molecule has 182 valence electrons. The van der Waals surface area contributed by atoms with Gasteiger partial charge in [0.2, 0.25) is 0 Å². The van der Waals surface area contributed by atoms with E-state index < -0.39 is 17.8 Å². The van der Waals surface area contributed by atoms with Crippen molar-refractivity contribution < 1.29 is 23.1 Å². The Bertz CT molecular complexity index is 995. The van der Waals surface area contributed by atoms with Crippen LogP contribution in [-0.2, 0) is 12.8 Å². The molecule has 0 saturated carbocycles. The van der Waals surface area contributed by atoms with Crippen molar-refractivity contribution in [3.8, 4) is 0 Å². The third-order valence-corrected chi connectivity index (χ3v) is 7.63. The lowest BCUT2D eigenvalue weighted by Gasteiger charge is -2.44. The lowest BCUT2D eigenvalue weighted by atomic mass is 9.99. The standard InChI is InChI=1S/C22H29F3N4O2S2/c1-13(2)16-11-28(15-7-6-14(12-30)17(10-15)32-5)8-9-29(16)21-26-19(22(23,24)25)18(33-21)20(31)27(3)4/h6-7,10,13,16,30H,8-9,11-12H2,1-5H3. The fourth-order valence-electron chi connectivity index (χ4n) is 3.89. The van der Waals surface area contributed by atoms with Crippen molar-refractivity contribution in [2.24, 2.45) is 5.92 Å². The fraction of sp³-hybridized carbons (Fsp3) is 0.545. The molecule has 0 bridgehead atoms. The van der Waals surface area contributed by atoms with E-state index in [1.165, 1.54) is 14.1 Å². The Kier molecular flexibility index (Phi) is 7.85. The predicted molar refractivity (Wildman–Crippen MR) is 127 cm³/mol. The number of rotatable bonds is 6. The minimum atomic E-state index is -4.70. The van der Waals surface area contributed by atoms with Crippen LogP contribution in [0.15, 0.2) is 23.1 Å². The van der Waals surface area contributed by atoms with Crippen molar-refractivity contribution in [1.29, 1.82) is 0 Å². The van der Waals surface area contributed by atoms with Gasteiger partial charge in [-0.25, -0.2) is 4.98 Å². The normalized spacial score (nSPS) is 17.1. The van der Waals surface area contributed by atoms with Crippen LogP contribution in [-0.4, -0.2) is 66.9 Å². The highest BCUT2D eigenvalue weighted by Crippen LogP contribution is 2.40. The average Bonchev–Trinajstić information content (AvgIpc) is 3.23. The third-order valence-electron chi connectivity index (χ3n) is 5.72. The van der Waals surface area contributed by atoms with E-state index in [-0.39, 0.29) is 28.6 Å². The maximum Gasteiger partial charge on any atom is 0.435 e. The van der Waals surface area contributed by atoms with Gasteiger partial charge >= 0.3 is 6.18 Å². The van der Waals surface area contributed by atoms with Crippen LogP contribution in [0.5, 0.6) is 0 Å². The Balaban J connectivity index is 1.93. The highest BCUT2D eigenvalue weighted by molar-refractivity contribution is 7.98. The number of amides is 1. The molecular formula is C22H29F3N4O2S2. The van der Waals surface area contributed by atoms with Gasteiger partial charge in [0.15, 0.2) is 10.8 Å². The minimum Gasteiger partial charge on any atom is -0.392 e. The second-order valence-electron chi connectivity index (χ2n) is 8.48. The van der Waals surface area contributed by atoms with Crippen LogP contribution >= 0.6 is 23.1 Å². The first kappa shape index (κ1) is 25.6. The van der Waals surface area contributed by atoms with Crippen molar-refractivity contribution in [3.05, 3.63) is 34.3 Å². The van der Waals surface area contributed by atoms with Crippen LogP contribution in [0.4, 0.5) is 24.0 Å². The number of thiazole rings is 1. The lowest BCUT2D eigenvalue weighted by Crippen LogP contribution is -2.55. The molecule has 11 heteroatoms. The van der Waals surface area contributed by atoms with Gasteiger partial charge < -0.3 is 19.8 Å². The van der Waals surface area contributed by atoms with Crippen molar-refractivity contribution in [1.82, 2.24) is 9.88 Å². The molecule has 0 spiro atoms. The Morgan fingerprint density at radius 2 is 2.03 bits per heavy atom. The van der Waals surface area contributed by atoms with Crippen LogP contribution in [0.2, 0.25) is 0 Å². The topological polar surface area (TPSA) is 59.9 Å². The number of halogens is 3. The molecule has 2 heterocycles. The van der Waals surface area contributed by atoms with E-state index in [0.29, 0.717) is 19.6 Å². The lowest BCUT2D eigenvalue weighted by molar-refractivity contribution is -0.141. The van der Waals surface area contributed by atoms with Crippen molar-refractivity contribution in [2.45, 2.75) is 37.6 Å². The average molecular weight is 503 g/mol. The Labute approximate surface area is 200 Å². The van der Waals surface area contributed by atoms with Gasteiger partial charge in [-0.3, -0.25) is 4.79 Å². The Morgan fingerprint density at radius 1 is 1.33 bits per heavy atom. The van der Waals surface area contributed by atoms with Gasteiger partial charge in [-0.05, 0) is 29.9 Å². The van der Waals surface area contributed by atoms with Crippen LogP contribution in [0, 0.1) is 5.92 Å². The van der Waals surface area contributed by atoms with Crippen LogP contribution < -0.4 is 9.80 Å². The van der Waals surface area contributed by atoms with Crippen molar-refractivity contribution in [2.75, 3.05) is 49.8 Å². The van der Waals surface area contributed by atoms with E-state index >= 15 is 0 Å². The summed E-state index contributed by atoms with van der Waals surface area (Å²) in [6.07, 6.45) is -2.74. The summed E-state index contributed by atoms with van der Waals surface area (Å²) in [6.45, 7) is 5.74. The van der Waals surface area contributed by atoms with Crippen LogP contribution in [0.25, 0.3) is 0 Å². The summed E-state index contributed by atoms with van der Waals surface area (Å²) in [5.74, 6) is -0.546. The number of piperazine rings is 1.